The van der Waals surface area contributed by atoms with Crippen LogP contribution in [-0.2, 0) is 4.79 Å². The fourth-order valence-corrected chi connectivity index (χ4v) is 0.832. The van der Waals surface area contributed by atoms with Crippen LogP contribution in [0.1, 0.15) is 0 Å². The van der Waals surface area contributed by atoms with Gasteiger partial charge in [-0.15, -0.1) is 0 Å². The maximum atomic E-state index is 10.2. The molecule has 0 spiro atoms. The van der Waals surface area contributed by atoms with E-state index in [2.05, 4.69) is 29.0 Å². The topological polar surface area (TPSA) is 61.4 Å². The van der Waals surface area contributed by atoms with Gasteiger partial charge in [0, 0.05) is 6.54 Å². The van der Waals surface area contributed by atoms with E-state index in [9.17, 15) is 4.79 Å². The highest BCUT2D eigenvalue weighted by atomic mass is 31.0. The van der Waals surface area contributed by atoms with Gasteiger partial charge in [0.2, 0.25) is 0 Å². The minimum absolute atomic E-state index is 0.392. The minimum Gasteiger partial charge on any atom is -0.480 e. The van der Waals surface area contributed by atoms with Crippen LogP contribution in [0.2, 0.25) is 0 Å². The number of rotatable bonds is 4. The summed E-state index contributed by atoms with van der Waals surface area (Å²) in [4.78, 5) is 10.2. The van der Waals surface area contributed by atoms with Crippen LogP contribution in [0.25, 0.3) is 0 Å². The summed E-state index contributed by atoms with van der Waals surface area (Å²) in [5, 5.41) is 13.6. The van der Waals surface area contributed by atoms with E-state index >= 15 is 0 Å². The Morgan fingerprint density at radius 3 is 2.33 bits per heavy atom. The molecule has 0 aliphatic heterocycles. The lowest BCUT2D eigenvalue weighted by molar-refractivity contribution is -0.138. The second-order valence-electron chi connectivity index (χ2n) is 1.47. The molecule has 0 radical (unpaired) electrons. The Hall–Kier alpha value is 0.250. The summed E-state index contributed by atoms with van der Waals surface area (Å²) in [5.74, 6) is -0.861. The molecule has 0 aromatic heterocycles. The first kappa shape index (κ1) is 9.25. The van der Waals surface area contributed by atoms with Gasteiger partial charge in [-0.3, -0.25) is 15.0 Å². The van der Waals surface area contributed by atoms with E-state index in [1.807, 2.05) is 0 Å². The number of hydrogen-bond donors (Lipinski definition) is 3. The normalized spacial score (nSPS) is 13.1. The van der Waals surface area contributed by atoms with E-state index in [1.54, 1.807) is 0 Å². The van der Waals surface area contributed by atoms with E-state index < -0.39 is 12.0 Å². The predicted molar refractivity (Wildman–Crippen MR) is 42.0 cm³/mol. The molecule has 0 aromatic rings. The summed E-state index contributed by atoms with van der Waals surface area (Å²) in [6.07, 6.45) is 0. The number of nitrogens with one attached hydrogen (secondary N) is 2. The third kappa shape index (κ3) is 3.77. The zero-order chi connectivity index (χ0) is 7.28. The molecule has 0 fully saturated rings. The van der Waals surface area contributed by atoms with E-state index in [0.717, 1.165) is 0 Å². The van der Waals surface area contributed by atoms with E-state index in [-0.39, 0.29) is 0 Å². The molecule has 4 nitrogen and oxygen atoms in total. The van der Waals surface area contributed by atoms with Gasteiger partial charge in [0.05, 0.1) is 0 Å². The maximum Gasteiger partial charge on any atom is 0.322 e. The SMILES string of the molecule is O=C(O)[C@H](CNP)NP. The van der Waals surface area contributed by atoms with E-state index in [1.165, 1.54) is 0 Å². The van der Waals surface area contributed by atoms with Crippen LogP contribution in [0, 0.1) is 0 Å². The Morgan fingerprint density at radius 1 is 1.67 bits per heavy atom. The molecule has 0 heterocycles. The zero-order valence-electron chi connectivity index (χ0n) is 4.79. The quantitative estimate of drug-likeness (QED) is 0.481. The fourth-order valence-electron chi connectivity index (χ4n) is 0.335. The molecule has 3 atom stereocenters. The van der Waals surface area contributed by atoms with Gasteiger partial charge in [0.1, 0.15) is 6.04 Å². The van der Waals surface area contributed by atoms with E-state index in [4.69, 9.17) is 5.11 Å². The van der Waals surface area contributed by atoms with Crippen molar-refractivity contribution in [3.8, 4) is 0 Å². The van der Waals surface area contributed by atoms with Crippen LogP contribution in [0.4, 0.5) is 0 Å². The van der Waals surface area contributed by atoms with Crippen LogP contribution in [-0.4, -0.2) is 23.7 Å². The van der Waals surface area contributed by atoms with Crippen LogP contribution in [0.3, 0.4) is 0 Å². The van der Waals surface area contributed by atoms with Crippen molar-refractivity contribution in [1.29, 1.82) is 0 Å². The molecule has 3 N–H and O–H groups in total. The van der Waals surface area contributed by atoms with Crippen molar-refractivity contribution < 1.29 is 9.90 Å². The fraction of sp³-hybridized carbons (Fsp3) is 0.667. The van der Waals surface area contributed by atoms with Crippen molar-refractivity contribution in [2.24, 2.45) is 0 Å². The Morgan fingerprint density at radius 2 is 2.22 bits per heavy atom. The van der Waals surface area contributed by atoms with Crippen LogP contribution in [0.5, 0.6) is 0 Å². The third-order valence-electron chi connectivity index (χ3n) is 0.821. The second kappa shape index (κ2) is 5.07. The monoisotopic (exact) mass is 168 g/mol. The third-order valence-corrected chi connectivity index (χ3v) is 1.46. The molecule has 0 saturated carbocycles. The number of aliphatic carboxylic acids is 1. The lowest BCUT2D eigenvalue weighted by atomic mass is 10.3. The van der Waals surface area contributed by atoms with Crippen LogP contribution < -0.4 is 10.2 Å². The number of hydrogen-bond acceptors (Lipinski definition) is 3. The molecule has 0 aromatic carbocycles. The molecule has 0 bridgehead atoms. The highest BCUT2D eigenvalue weighted by Crippen LogP contribution is 1.86. The van der Waals surface area contributed by atoms with Crippen molar-refractivity contribution in [1.82, 2.24) is 10.2 Å². The van der Waals surface area contributed by atoms with Gasteiger partial charge < -0.3 is 5.11 Å². The summed E-state index contributed by atoms with van der Waals surface area (Å²) in [7, 11) is 4.39. The summed E-state index contributed by atoms with van der Waals surface area (Å²) < 4.78 is 0. The number of carbonyl (C=O) groups is 1. The van der Waals surface area contributed by atoms with Crippen molar-refractivity contribution in [2.75, 3.05) is 6.54 Å². The van der Waals surface area contributed by atoms with Crippen molar-refractivity contribution >= 4 is 24.8 Å². The molecular weight excluding hydrogens is 158 g/mol. The Kier molecular flexibility index (Phi) is 5.21. The predicted octanol–water partition coefficient (Wildman–Crippen LogP) is -0.801. The number of carboxylic acid groups (broad SMARTS) is 1. The molecule has 0 saturated heterocycles. The largest absolute Gasteiger partial charge is 0.480 e. The van der Waals surface area contributed by atoms with Gasteiger partial charge in [0.25, 0.3) is 0 Å². The Balaban J connectivity index is 3.54. The summed E-state index contributed by atoms with van der Waals surface area (Å²) in [5.41, 5.74) is 0. The lowest BCUT2D eigenvalue weighted by Gasteiger charge is -2.08. The van der Waals surface area contributed by atoms with Crippen molar-refractivity contribution in [2.45, 2.75) is 6.04 Å². The molecule has 0 aliphatic rings. The van der Waals surface area contributed by atoms with Gasteiger partial charge in [-0.1, -0.05) is 18.8 Å². The lowest BCUT2D eigenvalue weighted by Crippen LogP contribution is -2.37. The minimum atomic E-state index is -0.861. The average molecular weight is 168 g/mol. The maximum absolute atomic E-state index is 10.2. The van der Waals surface area contributed by atoms with Gasteiger partial charge in [-0.25, -0.2) is 0 Å². The average Bonchev–Trinajstić information content (AvgIpc) is 1.82. The summed E-state index contributed by atoms with van der Waals surface area (Å²) in [6, 6.07) is -0.535. The molecule has 0 rings (SSSR count). The standard InChI is InChI=1S/C3H10N2O2P2/c6-3(7)2(5-9)1-4-8/h2,4-5H,1,8-9H2,(H,6,7)/t2-/m0/s1. The first-order valence-electron chi connectivity index (χ1n) is 2.34. The molecule has 0 amide bonds. The first-order valence-corrected chi connectivity index (χ1v) is 3.50. The Bertz CT molecular complexity index is 99.8. The number of carboxylic acids is 1. The van der Waals surface area contributed by atoms with E-state index in [0.29, 0.717) is 6.54 Å². The highest BCUT2D eigenvalue weighted by Gasteiger charge is 2.11. The zero-order valence-corrected chi connectivity index (χ0v) is 7.10. The summed E-state index contributed by atoms with van der Waals surface area (Å²) >= 11 is 0. The molecule has 0 aliphatic carbocycles. The smallest absolute Gasteiger partial charge is 0.322 e. The molecule has 54 valence electrons. The molecule has 6 heteroatoms. The summed E-state index contributed by atoms with van der Waals surface area (Å²) in [6.45, 7) is 0.392. The van der Waals surface area contributed by atoms with Crippen LogP contribution >= 0.6 is 18.8 Å². The van der Waals surface area contributed by atoms with Crippen molar-refractivity contribution in [3.05, 3.63) is 0 Å². The van der Waals surface area contributed by atoms with Crippen LogP contribution in [0.15, 0.2) is 0 Å². The molecular formula is C3H10N2O2P2. The first-order chi connectivity index (χ1) is 4.22. The van der Waals surface area contributed by atoms with Gasteiger partial charge in [-0.05, 0) is 0 Å². The molecule has 9 heavy (non-hydrogen) atoms. The second-order valence-corrected chi connectivity index (χ2v) is 2.21. The highest BCUT2D eigenvalue weighted by molar-refractivity contribution is 7.14. The molecule has 2 unspecified atom stereocenters. The van der Waals surface area contributed by atoms with Gasteiger partial charge in [-0.2, -0.15) is 0 Å². The van der Waals surface area contributed by atoms with Gasteiger partial charge >= 0.3 is 5.97 Å². The van der Waals surface area contributed by atoms with Gasteiger partial charge in [0.15, 0.2) is 0 Å². The Labute approximate surface area is 58.3 Å². The van der Waals surface area contributed by atoms with Crippen molar-refractivity contribution in [3.63, 3.8) is 0 Å².